The molecule has 4 rings (SSSR count). The predicted molar refractivity (Wildman–Crippen MR) is 138 cm³/mol. The minimum Gasteiger partial charge on any atom is -0.497 e. The minimum atomic E-state index is -1.76. The first-order valence-corrected chi connectivity index (χ1v) is 11.4. The van der Waals surface area contributed by atoms with Crippen molar-refractivity contribution in [3.63, 3.8) is 0 Å². The summed E-state index contributed by atoms with van der Waals surface area (Å²) >= 11 is 0. The number of aryl methyl sites for hydroxylation is 1. The van der Waals surface area contributed by atoms with Crippen molar-refractivity contribution in [3.05, 3.63) is 82.4 Å². The van der Waals surface area contributed by atoms with Crippen molar-refractivity contribution in [2.45, 2.75) is 13.3 Å². The number of benzene rings is 2. The average molecular weight is 490 g/mol. The summed E-state index contributed by atoms with van der Waals surface area (Å²) in [5.74, 6) is 0.0480. The van der Waals surface area contributed by atoms with Gasteiger partial charge in [-0.2, -0.15) is 0 Å². The first-order chi connectivity index (χ1) is 17.2. The van der Waals surface area contributed by atoms with Gasteiger partial charge in [-0.3, -0.25) is 4.79 Å². The Morgan fingerprint density at radius 3 is 2.39 bits per heavy atom. The Hall–Kier alpha value is -3.82. The van der Waals surface area contributed by atoms with Crippen molar-refractivity contribution in [3.8, 4) is 11.5 Å². The van der Waals surface area contributed by atoms with Crippen molar-refractivity contribution < 1.29 is 28.7 Å². The standard InChI is InChI=1S/C27H28BFN2O5/c1-16-21(10-17-11-24(35-3)27(28(33)34)25(12-17)36-4)20-8-7-18(29)13-22(20)23(16)15-30-26(32)14-19-6-5-9-31(19)2/h5-13,33-34H,14-15H2,1-4H3,(H,30,32). The van der Waals surface area contributed by atoms with E-state index in [1.165, 1.54) is 26.4 Å². The fourth-order valence-corrected chi connectivity index (χ4v) is 4.54. The Balaban J connectivity index is 1.70. The van der Waals surface area contributed by atoms with Gasteiger partial charge in [-0.05, 0) is 82.8 Å². The van der Waals surface area contributed by atoms with E-state index in [0.29, 0.717) is 5.56 Å². The summed E-state index contributed by atoms with van der Waals surface area (Å²) in [5.41, 5.74) is 5.88. The van der Waals surface area contributed by atoms with Crippen molar-refractivity contribution >= 4 is 35.7 Å². The van der Waals surface area contributed by atoms with Gasteiger partial charge in [0.05, 0.1) is 26.1 Å². The van der Waals surface area contributed by atoms with Crippen LogP contribution in [0.1, 0.15) is 29.3 Å². The van der Waals surface area contributed by atoms with Crippen molar-refractivity contribution in [2.24, 2.45) is 7.05 Å². The molecule has 0 atom stereocenters. The number of methoxy groups -OCH3 is 2. The van der Waals surface area contributed by atoms with Gasteiger partial charge in [0, 0.05) is 25.5 Å². The Kier molecular flexibility index (Phi) is 7.33. The molecule has 3 N–H and O–H groups in total. The molecule has 0 fully saturated rings. The first-order valence-electron chi connectivity index (χ1n) is 11.4. The predicted octanol–water partition coefficient (Wildman–Crippen LogP) is 2.55. The van der Waals surface area contributed by atoms with E-state index in [1.54, 1.807) is 18.2 Å². The highest BCUT2D eigenvalue weighted by molar-refractivity contribution is 6.61. The van der Waals surface area contributed by atoms with Crippen LogP contribution in [0.15, 0.2) is 54.2 Å². The van der Waals surface area contributed by atoms with Crippen LogP contribution >= 0.6 is 0 Å². The van der Waals surface area contributed by atoms with E-state index in [-0.39, 0.29) is 41.7 Å². The fourth-order valence-electron chi connectivity index (χ4n) is 4.54. The molecule has 0 saturated carbocycles. The number of ether oxygens (including phenoxy) is 2. The summed E-state index contributed by atoms with van der Waals surface area (Å²) in [6, 6.07) is 11.8. The van der Waals surface area contributed by atoms with Crippen LogP contribution < -0.4 is 20.3 Å². The molecule has 1 heterocycles. The summed E-state index contributed by atoms with van der Waals surface area (Å²) in [5, 5.41) is 22.5. The number of halogens is 1. The summed E-state index contributed by atoms with van der Waals surface area (Å²) in [7, 11) is 3.00. The molecule has 0 saturated heterocycles. The summed E-state index contributed by atoms with van der Waals surface area (Å²) in [6.45, 7) is 2.19. The zero-order chi connectivity index (χ0) is 26.0. The van der Waals surface area contributed by atoms with Gasteiger partial charge in [0.2, 0.25) is 5.91 Å². The monoisotopic (exact) mass is 490 g/mol. The Morgan fingerprint density at radius 2 is 1.81 bits per heavy atom. The molecule has 1 aliphatic rings. The summed E-state index contributed by atoms with van der Waals surface area (Å²) in [6.07, 6.45) is 4.04. The molecule has 9 heteroatoms. The van der Waals surface area contributed by atoms with E-state index in [2.05, 4.69) is 5.32 Å². The molecule has 7 nitrogen and oxygen atoms in total. The van der Waals surface area contributed by atoms with E-state index in [4.69, 9.17) is 9.47 Å². The quantitative estimate of drug-likeness (QED) is 0.423. The van der Waals surface area contributed by atoms with Crippen molar-refractivity contribution in [1.82, 2.24) is 9.88 Å². The maximum atomic E-state index is 14.2. The van der Waals surface area contributed by atoms with Gasteiger partial charge in [-0.1, -0.05) is 6.07 Å². The van der Waals surface area contributed by atoms with Crippen LogP contribution in [-0.2, 0) is 18.3 Å². The summed E-state index contributed by atoms with van der Waals surface area (Å²) in [4.78, 5) is 12.6. The number of allylic oxidation sites excluding steroid dienone is 2. The summed E-state index contributed by atoms with van der Waals surface area (Å²) < 4.78 is 26.8. The highest BCUT2D eigenvalue weighted by Gasteiger charge is 2.26. The van der Waals surface area contributed by atoms with Crippen LogP contribution in [0, 0.1) is 5.82 Å². The number of aromatic nitrogens is 1. The van der Waals surface area contributed by atoms with Crippen LogP contribution in [0.2, 0.25) is 0 Å². The number of carbonyl (C=O) groups is 1. The highest BCUT2D eigenvalue weighted by Crippen LogP contribution is 2.42. The molecular weight excluding hydrogens is 462 g/mol. The third-order valence-corrected chi connectivity index (χ3v) is 6.44. The molecule has 0 spiro atoms. The molecule has 36 heavy (non-hydrogen) atoms. The van der Waals surface area contributed by atoms with Crippen LogP contribution in [0.4, 0.5) is 4.39 Å². The SMILES string of the molecule is COc1cc(C=C2C(C)=C(CNC(=O)Cc3cccn3C)c3cc(F)ccc32)cc(OC)c1B(O)O. The topological polar surface area (TPSA) is 93.0 Å². The number of fused-ring (bicyclic) bond motifs is 1. The molecule has 2 aromatic carbocycles. The molecule has 1 aliphatic carbocycles. The number of hydrogen-bond acceptors (Lipinski definition) is 5. The third kappa shape index (κ3) is 4.93. The average Bonchev–Trinajstić information content (AvgIpc) is 3.36. The lowest BCUT2D eigenvalue weighted by atomic mass is 9.78. The molecule has 1 amide bonds. The molecule has 0 bridgehead atoms. The van der Waals surface area contributed by atoms with Gasteiger partial charge < -0.3 is 29.4 Å². The van der Waals surface area contributed by atoms with Crippen LogP contribution in [0.5, 0.6) is 11.5 Å². The number of amides is 1. The molecule has 1 aromatic heterocycles. The highest BCUT2D eigenvalue weighted by atomic mass is 19.1. The van der Waals surface area contributed by atoms with E-state index >= 15 is 0 Å². The fraction of sp³-hybridized carbons (Fsp3) is 0.222. The van der Waals surface area contributed by atoms with Crippen LogP contribution in [-0.4, -0.2) is 48.4 Å². The van der Waals surface area contributed by atoms with Gasteiger partial charge in [-0.25, -0.2) is 4.39 Å². The Bertz CT molecular complexity index is 1350. The lowest BCUT2D eigenvalue weighted by Crippen LogP contribution is -2.32. The number of carbonyl (C=O) groups excluding carboxylic acids is 1. The molecule has 0 unspecified atom stereocenters. The van der Waals surface area contributed by atoms with E-state index < -0.39 is 7.12 Å². The van der Waals surface area contributed by atoms with Crippen molar-refractivity contribution in [1.29, 1.82) is 0 Å². The Labute approximate surface area is 209 Å². The van der Waals surface area contributed by atoms with Crippen LogP contribution in [0.3, 0.4) is 0 Å². The molecule has 186 valence electrons. The zero-order valence-corrected chi connectivity index (χ0v) is 20.6. The largest absolute Gasteiger partial charge is 0.497 e. The maximum Gasteiger partial charge on any atom is 0.496 e. The molecule has 0 aliphatic heterocycles. The zero-order valence-electron chi connectivity index (χ0n) is 20.6. The molecule has 3 aromatic rings. The molecular formula is C27H28BFN2O5. The first kappa shape index (κ1) is 25.3. The maximum absolute atomic E-state index is 14.2. The molecule has 0 radical (unpaired) electrons. The van der Waals surface area contributed by atoms with Gasteiger partial charge >= 0.3 is 7.12 Å². The second-order valence-electron chi connectivity index (χ2n) is 8.63. The van der Waals surface area contributed by atoms with Gasteiger partial charge in [0.15, 0.2) is 0 Å². The number of nitrogens with one attached hydrogen (secondary N) is 1. The van der Waals surface area contributed by atoms with E-state index in [1.807, 2.05) is 42.9 Å². The Morgan fingerprint density at radius 1 is 1.11 bits per heavy atom. The van der Waals surface area contributed by atoms with E-state index in [9.17, 15) is 19.2 Å². The second-order valence-corrected chi connectivity index (χ2v) is 8.63. The number of nitrogens with zero attached hydrogens (tertiary/aromatic N) is 1. The van der Waals surface area contributed by atoms with E-state index in [0.717, 1.165) is 33.5 Å². The van der Waals surface area contributed by atoms with Crippen LogP contribution in [0.25, 0.3) is 17.2 Å². The lowest BCUT2D eigenvalue weighted by Gasteiger charge is -2.14. The number of hydrogen-bond donors (Lipinski definition) is 3. The van der Waals surface area contributed by atoms with Gasteiger partial charge in [-0.15, -0.1) is 0 Å². The second kappa shape index (κ2) is 10.4. The lowest BCUT2D eigenvalue weighted by molar-refractivity contribution is -0.120. The third-order valence-electron chi connectivity index (χ3n) is 6.44. The smallest absolute Gasteiger partial charge is 0.496 e. The minimum absolute atomic E-state index is 0.125. The normalized spacial score (nSPS) is 13.7. The van der Waals surface area contributed by atoms with Gasteiger partial charge in [0.1, 0.15) is 17.3 Å². The van der Waals surface area contributed by atoms with Gasteiger partial charge in [0.25, 0.3) is 0 Å². The number of rotatable bonds is 8. The van der Waals surface area contributed by atoms with Crippen molar-refractivity contribution in [2.75, 3.05) is 20.8 Å².